The molecule has 0 aliphatic carbocycles. The minimum atomic E-state index is -1.12. The van der Waals surface area contributed by atoms with Crippen LogP contribution in [0.15, 0.2) is 42.7 Å². The van der Waals surface area contributed by atoms with Gasteiger partial charge in [0.15, 0.2) is 0 Å². The Kier molecular flexibility index (Phi) is 6.40. The predicted molar refractivity (Wildman–Crippen MR) is 148 cm³/mol. The van der Waals surface area contributed by atoms with Crippen molar-refractivity contribution < 1.29 is 14.2 Å². The molecule has 1 fully saturated rings. The van der Waals surface area contributed by atoms with Crippen LogP contribution in [0.25, 0.3) is 33.2 Å². The molecule has 6 rings (SSSR count). The fourth-order valence-corrected chi connectivity index (χ4v) is 6.03. The second-order valence-electron chi connectivity index (χ2n) is 10.8. The molecule has 4 aromatic heterocycles. The van der Waals surface area contributed by atoms with E-state index < -0.39 is 11.6 Å². The molecule has 1 unspecified atom stereocenters. The van der Waals surface area contributed by atoms with Gasteiger partial charge in [0.25, 0.3) is 0 Å². The highest BCUT2D eigenvalue weighted by atomic mass is 35.5. The zero-order chi connectivity index (χ0) is 27.5. The number of rotatable bonds is 5. The number of hydrogen-bond acceptors (Lipinski definition) is 6. The highest BCUT2D eigenvalue weighted by Crippen LogP contribution is 2.43. The fourth-order valence-electron chi connectivity index (χ4n) is 5.77. The summed E-state index contributed by atoms with van der Waals surface area (Å²) in [7, 11) is 1.83. The first kappa shape index (κ1) is 25.9. The van der Waals surface area contributed by atoms with Crippen LogP contribution in [0.4, 0.5) is 4.39 Å². The highest BCUT2D eigenvalue weighted by Gasteiger charge is 2.34. The topological polar surface area (TPSA) is 90.9 Å². The first-order chi connectivity index (χ1) is 18.6. The summed E-state index contributed by atoms with van der Waals surface area (Å²) in [6, 6.07) is 8.49. The molecule has 10 heteroatoms. The molecule has 39 heavy (non-hydrogen) atoms. The van der Waals surface area contributed by atoms with E-state index in [1.54, 1.807) is 37.0 Å². The van der Waals surface area contributed by atoms with E-state index in [4.69, 9.17) is 21.3 Å². The molecule has 1 aliphatic rings. The second kappa shape index (κ2) is 9.66. The standard InChI is InChI=1S/C29H30ClFN6O2/c1-16-27(36(4)35-34-16)19-14-23-20(13-21(19)30)25-24(12-18(15-33-25)29(2,3)38)37(23)28(17-7-10-39-11-8-17)26-22(31)6-5-9-32-26/h5-6,9,12-15,17,28,38H,7-8,10-11H2,1-4H3. The van der Waals surface area contributed by atoms with Crippen molar-refractivity contribution in [1.82, 2.24) is 29.5 Å². The molecule has 8 nitrogen and oxygen atoms in total. The van der Waals surface area contributed by atoms with E-state index in [-0.39, 0.29) is 11.7 Å². The number of nitrogens with zero attached hydrogens (tertiary/aromatic N) is 6. The fraction of sp³-hybridized carbons (Fsp3) is 0.379. The predicted octanol–water partition coefficient (Wildman–Crippen LogP) is 5.72. The smallest absolute Gasteiger partial charge is 0.146 e. The molecular weight excluding hydrogens is 519 g/mol. The summed E-state index contributed by atoms with van der Waals surface area (Å²) < 4.78 is 25.0. The lowest BCUT2D eigenvalue weighted by atomic mass is 9.88. The van der Waals surface area contributed by atoms with Gasteiger partial charge in [-0.15, -0.1) is 5.10 Å². The van der Waals surface area contributed by atoms with Gasteiger partial charge in [-0.05, 0) is 69.9 Å². The Morgan fingerprint density at radius 2 is 1.92 bits per heavy atom. The van der Waals surface area contributed by atoms with Crippen LogP contribution >= 0.6 is 11.6 Å². The van der Waals surface area contributed by atoms with Gasteiger partial charge in [0, 0.05) is 49.2 Å². The van der Waals surface area contributed by atoms with E-state index in [0.29, 0.717) is 29.5 Å². The maximum absolute atomic E-state index is 15.5. The lowest BCUT2D eigenvalue weighted by molar-refractivity contribution is 0.0542. The molecule has 0 spiro atoms. The van der Waals surface area contributed by atoms with Crippen LogP contribution in [0.2, 0.25) is 5.02 Å². The summed E-state index contributed by atoms with van der Waals surface area (Å²) in [6.45, 7) is 6.53. The number of aromatic nitrogens is 6. The van der Waals surface area contributed by atoms with E-state index in [0.717, 1.165) is 51.7 Å². The van der Waals surface area contributed by atoms with Gasteiger partial charge in [-0.1, -0.05) is 16.8 Å². The largest absolute Gasteiger partial charge is 0.386 e. The summed E-state index contributed by atoms with van der Waals surface area (Å²) >= 11 is 6.89. The molecule has 0 saturated carbocycles. The van der Waals surface area contributed by atoms with Crippen molar-refractivity contribution in [1.29, 1.82) is 0 Å². The molecular formula is C29H30ClFN6O2. The van der Waals surface area contributed by atoms with E-state index in [1.807, 2.05) is 32.2 Å². The van der Waals surface area contributed by atoms with Crippen LogP contribution in [0.3, 0.4) is 0 Å². The van der Waals surface area contributed by atoms with Crippen LogP contribution in [-0.4, -0.2) is 47.8 Å². The SMILES string of the molecule is Cc1nnn(C)c1-c1cc2c(cc1Cl)c1ncc(C(C)(C)O)cc1n2C(c1ncccc1F)C1CCOCC1. The Morgan fingerprint density at radius 3 is 2.59 bits per heavy atom. The number of aryl methyl sites for hydroxylation is 2. The van der Waals surface area contributed by atoms with Gasteiger partial charge in [-0.2, -0.15) is 0 Å². The third-order valence-electron chi connectivity index (χ3n) is 7.74. The Bertz CT molecular complexity index is 1680. The molecule has 0 amide bonds. The summed E-state index contributed by atoms with van der Waals surface area (Å²) in [5.41, 5.74) is 4.57. The lowest BCUT2D eigenvalue weighted by Gasteiger charge is -2.32. The second-order valence-corrected chi connectivity index (χ2v) is 11.2. The number of fused-ring (bicyclic) bond motifs is 3. The van der Waals surface area contributed by atoms with Gasteiger partial charge in [-0.3, -0.25) is 9.97 Å². The Labute approximate surface area is 230 Å². The number of ether oxygens (including phenoxy) is 1. The van der Waals surface area contributed by atoms with Crippen molar-refractivity contribution in [3.8, 4) is 11.3 Å². The number of aliphatic hydroxyl groups is 1. The van der Waals surface area contributed by atoms with Crippen LogP contribution in [0, 0.1) is 18.7 Å². The summed E-state index contributed by atoms with van der Waals surface area (Å²) in [4.78, 5) is 9.36. The Balaban J connectivity index is 1.74. The number of hydrogen-bond donors (Lipinski definition) is 1. The zero-order valence-corrected chi connectivity index (χ0v) is 23.1. The van der Waals surface area contributed by atoms with Crippen molar-refractivity contribution in [3.63, 3.8) is 0 Å². The first-order valence-electron chi connectivity index (χ1n) is 13.1. The van der Waals surface area contributed by atoms with Gasteiger partial charge in [0.1, 0.15) is 5.82 Å². The van der Waals surface area contributed by atoms with E-state index in [9.17, 15) is 5.11 Å². The molecule has 5 aromatic rings. The van der Waals surface area contributed by atoms with E-state index in [1.165, 1.54) is 6.07 Å². The zero-order valence-electron chi connectivity index (χ0n) is 22.3. The summed E-state index contributed by atoms with van der Waals surface area (Å²) in [5.74, 6) is -0.302. The molecule has 1 aromatic carbocycles. The van der Waals surface area contributed by atoms with Gasteiger partial charge < -0.3 is 14.4 Å². The minimum absolute atomic E-state index is 0.0620. The van der Waals surface area contributed by atoms with Crippen LogP contribution in [0.5, 0.6) is 0 Å². The molecule has 0 bridgehead atoms. The maximum Gasteiger partial charge on any atom is 0.146 e. The van der Waals surface area contributed by atoms with Crippen LogP contribution in [0.1, 0.15) is 49.7 Å². The minimum Gasteiger partial charge on any atom is -0.386 e. The van der Waals surface area contributed by atoms with Crippen molar-refractivity contribution in [2.75, 3.05) is 13.2 Å². The molecule has 1 N–H and O–H groups in total. The average molecular weight is 549 g/mol. The molecule has 0 radical (unpaired) electrons. The molecule has 5 heterocycles. The number of benzene rings is 1. The van der Waals surface area contributed by atoms with E-state index in [2.05, 4.69) is 19.9 Å². The lowest BCUT2D eigenvalue weighted by Crippen LogP contribution is -2.28. The summed E-state index contributed by atoms with van der Waals surface area (Å²) in [5, 5.41) is 20.6. The Morgan fingerprint density at radius 1 is 1.15 bits per heavy atom. The number of pyridine rings is 2. The summed E-state index contributed by atoms with van der Waals surface area (Å²) in [6.07, 6.45) is 4.83. The van der Waals surface area contributed by atoms with Crippen LogP contribution < -0.4 is 0 Å². The van der Waals surface area contributed by atoms with Crippen molar-refractivity contribution in [2.45, 2.75) is 45.3 Å². The van der Waals surface area contributed by atoms with Gasteiger partial charge in [0.05, 0.1) is 50.3 Å². The first-order valence-corrected chi connectivity index (χ1v) is 13.4. The van der Waals surface area contributed by atoms with Gasteiger partial charge >= 0.3 is 0 Å². The van der Waals surface area contributed by atoms with Gasteiger partial charge in [-0.25, -0.2) is 9.07 Å². The van der Waals surface area contributed by atoms with Crippen molar-refractivity contribution >= 4 is 33.5 Å². The highest BCUT2D eigenvalue weighted by molar-refractivity contribution is 6.34. The normalized spacial score (nSPS) is 15.9. The quantitative estimate of drug-likeness (QED) is 0.302. The molecule has 1 aliphatic heterocycles. The van der Waals surface area contributed by atoms with Crippen molar-refractivity contribution in [3.05, 3.63) is 70.5 Å². The van der Waals surface area contributed by atoms with Crippen LogP contribution in [-0.2, 0) is 17.4 Å². The third kappa shape index (κ3) is 4.38. The monoisotopic (exact) mass is 548 g/mol. The van der Waals surface area contributed by atoms with Crippen molar-refractivity contribution in [2.24, 2.45) is 13.0 Å². The molecule has 202 valence electrons. The average Bonchev–Trinajstić information content (AvgIpc) is 3.40. The third-order valence-corrected chi connectivity index (χ3v) is 8.05. The number of halogens is 2. The molecule has 1 saturated heterocycles. The van der Waals surface area contributed by atoms with E-state index >= 15 is 4.39 Å². The maximum atomic E-state index is 15.5. The Hall–Kier alpha value is -3.40. The van der Waals surface area contributed by atoms with Gasteiger partial charge in [0.2, 0.25) is 0 Å². The molecule has 1 atom stereocenters.